The van der Waals surface area contributed by atoms with E-state index in [4.69, 9.17) is 9.47 Å². The number of hydrogen-bond donors (Lipinski definition) is 0. The van der Waals surface area contributed by atoms with Gasteiger partial charge in [0.15, 0.2) is 11.6 Å². The van der Waals surface area contributed by atoms with E-state index in [1.807, 2.05) is 11.0 Å². The van der Waals surface area contributed by atoms with Crippen LogP contribution in [0.1, 0.15) is 55.2 Å². The summed E-state index contributed by atoms with van der Waals surface area (Å²) in [6.07, 6.45) is 2.04. The van der Waals surface area contributed by atoms with Crippen LogP contribution in [-0.4, -0.2) is 62.6 Å². The molecule has 0 N–H and O–H groups in total. The van der Waals surface area contributed by atoms with Gasteiger partial charge in [-0.05, 0) is 51.8 Å². The van der Waals surface area contributed by atoms with Gasteiger partial charge in [0, 0.05) is 13.1 Å². The Labute approximate surface area is 228 Å². The topological polar surface area (TPSA) is 114 Å². The van der Waals surface area contributed by atoms with Crippen LogP contribution in [0.15, 0.2) is 30.5 Å². The first kappa shape index (κ1) is 25.9. The molecule has 0 spiro atoms. The minimum atomic E-state index is -0.872. The minimum Gasteiger partial charge on any atom is -0.443 e. The number of imide groups is 1. The summed E-state index contributed by atoms with van der Waals surface area (Å²) in [7, 11) is 0. The van der Waals surface area contributed by atoms with Crippen LogP contribution in [0, 0.1) is 23.0 Å². The Bertz CT molecular complexity index is 1580. The van der Waals surface area contributed by atoms with Gasteiger partial charge in [-0.15, -0.1) is 5.10 Å². The second-order valence-electron chi connectivity index (χ2n) is 11.1. The fourth-order valence-corrected chi connectivity index (χ4v) is 5.41. The average Bonchev–Trinajstić information content (AvgIpc) is 3.56. The minimum absolute atomic E-state index is 0.00509. The van der Waals surface area contributed by atoms with Crippen LogP contribution in [0.5, 0.6) is 0 Å². The number of halogens is 2. The van der Waals surface area contributed by atoms with Gasteiger partial charge in [0.2, 0.25) is 0 Å². The van der Waals surface area contributed by atoms with Crippen molar-refractivity contribution in [3.63, 3.8) is 0 Å². The molecule has 3 aliphatic rings. The fourth-order valence-electron chi connectivity index (χ4n) is 5.41. The van der Waals surface area contributed by atoms with Gasteiger partial charge in [-0.25, -0.2) is 28.1 Å². The van der Waals surface area contributed by atoms with E-state index in [9.17, 15) is 14.9 Å². The first-order valence-corrected chi connectivity index (χ1v) is 13.0. The Kier molecular flexibility index (Phi) is 6.07. The molecule has 3 aromatic rings. The van der Waals surface area contributed by atoms with Crippen molar-refractivity contribution in [1.29, 1.82) is 5.26 Å². The van der Waals surface area contributed by atoms with E-state index in [0.717, 1.165) is 23.9 Å². The highest BCUT2D eigenvalue weighted by Crippen LogP contribution is 2.36. The van der Waals surface area contributed by atoms with Gasteiger partial charge in [0.05, 0.1) is 64.8 Å². The third-order valence-corrected chi connectivity index (χ3v) is 7.09. The quantitative estimate of drug-likeness (QED) is 0.475. The third kappa shape index (κ3) is 4.46. The number of nitrogens with zero attached hydrogens (tertiary/aromatic N) is 6. The van der Waals surface area contributed by atoms with E-state index in [1.165, 1.54) is 28.9 Å². The number of benzene rings is 1. The SMILES string of the molecule is CC(C)(C)OC(=O)N1Cc2nc(-c3c(F)cccc3C#N)cc(-n3cc(F)c(N4C[C@H]5CC[C@@H](C4)O5)n3)c2C1=O. The molecule has 2 amide bonds. The predicted molar refractivity (Wildman–Crippen MR) is 138 cm³/mol. The molecule has 2 bridgehead atoms. The lowest BCUT2D eigenvalue weighted by Crippen LogP contribution is -2.43. The maximum Gasteiger partial charge on any atom is 0.417 e. The maximum atomic E-state index is 15.3. The zero-order chi connectivity index (χ0) is 28.3. The molecule has 2 atom stereocenters. The smallest absolute Gasteiger partial charge is 0.417 e. The van der Waals surface area contributed by atoms with Gasteiger partial charge in [-0.2, -0.15) is 5.26 Å². The van der Waals surface area contributed by atoms with Crippen LogP contribution >= 0.6 is 0 Å². The molecule has 0 unspecified atom stereocenters. The van der Waals surface area contributed by atoms with E-state index in [1.54, 1.807) is 20.8 Å². The Morgan fingerprint density at radius 3 is 2.55 bits per heavy atom. The molecule has 0 saturated carbocycles. The molecule has 206 valence electrons. The Hall–Kier alpha value is -4.37. The van der Waals surface area contributed by atoms with Gasteiger partial charge in [-0.3, -0.25) is 4.79 Å². The Morgan fingerprint density at radius 1 is 1.15 bits per heavy atom. The summed E-state index contributed by atoms with van der Waals surface area (Å²) < 4.78 is 42.8. The number of hydrogen-bond acceptors (Lipinski definition) is 8. The first-order chi connectivity index (χ1) is 19.0. The summed E-state index contributed by atoms with van der Waals surface area (Å²) in [5.74, 6) is -1.90. The van der Waals surface area contributed by atoms with Crippen molar-refractivity contribution in [2.45, 2.75) is 58.0 Å². The number of rotatable bonds is 3. The van der Waals surface area contributed by atoms with E-state index in [2.05, 4.69) is 10.1 Å². The summed E-state index contributed by atoms with van der Waals surface area (Å²) in [6.45, 7) is 5.74. The van der Waals surface area contributed by atoms with E-state index < -0.39 is 29.2 Å². The molecule has 1 aromatic carbocycles. The van der Waals surface area contributed by atoms with Gasteiger partial charge in [0.25, 0.3) is 5.91 Å². The molecule has 2 aromatic heterocycles. The molecule has 2 fully saturated rings. The molecule has 10 nitrogen and oxygen atoms in total. The summed E-state index contributed by atoms with van der Waals surface area (Å²) in [5.41, 5.74) is -0.593. The molecule has 0 radical (unpaired) electrons. The molecule has 3 aliphatic heterocycles. The molecule has 0 aliphatic carbocycles. The van der Waals surface area contributed by atoms with Crippen molar-refractivity contribution in [3.8, 4) is 23.0 Å². The first-order valence-electron chi connectivity index (χ1n) is 13.0. The van der Waals surface area contributed by atoms with Crippen LogP contribution < -0.4 is 4.90 Å². The van der Waals surface area contributed by atoms with Crippen molar-refractivity contribution < 1.29 is 27.8 Å². The van der Waals surface area contributed by atoms with Crippen molar-refractivity contribution in [2.75, 3.05) is 18.0 Å². The normalized spacial score (nSPS) is 20.1. The van der Waals surface area contributed by atoms with Crippen LogP contribution in [0.2, 0.25) is 0 Å². The lowest BCUT2D eigenvalue weighted by atomic mass is 10.0. The second-order valence-corrected chi connectivity index (χ2v) is 11.1. The number of carbonyl (C=O) groups excluding carboxylic acids is 2. The molecule has 5 heterocycles. The standard InChI is InChI=1S/C28H26F2N6O4/c1-28(2,3)40-27(38)35-14-21-24(26(35)37)22(9-20(32-21)23-15(10-31)5-4-6-18(23)29)36-13-19(30)25(33-36)34-11-16-7-8-17(12-34)39-16/h4-6,9,13,16-17H,7-8,11-12,14H2,1-3H3/t16-,17+. The second kappa shape index (κ2) is 9.38. The zero-order valence-electron chi connectivity index (χ0n) is 22.1. The lowest BCUT2D eigenvalue weighted by molar-refractivity contribution is 0.0246. The van der Waals surface area contributed by atoms with Crippen molar-refractivity contribution >= 4 is 17.8 Å². The van der Waals surface area contributed by atoms with Crippen LogP contribution in [0.4, 0.5) is 19.4 Å². The number of amides is 2. The largest absolute Gasteiger partial charge is 0.443 e. The molecular formula is C28H26F2N6O4. The van der Waals surface area contributed by atoms with Crippen LogP contribution in [0.25, 0.3) is 16.9 Å². The number of ether oxygens (including phenoxy) is 2. The van der Waals surface area contributed by atoms with Crippen LogP contribution in [0.3, 0.4) is 0 Å². The number of carbonyl (C=O) groups is 2. The van der Waals surface area contributed by atoms with Crippen molar-refractivity contribution in [1.82, 2.24) is 19.7 Å². The number of fused-ring (bicyclic) bond motifs is 3. The third-order valence-electron chi connectivity index (χ3n) is 7.09. The van der Waals surface area contributed by atoms with Gasteiger partial charge in [-0.1, -0.05) is 6.07 Å². The Balaban J connectivity index is 1.48. The Morgan fingerprint density at radius 2 is 1.88 bits per heavy atom. The molecule has 12 heteroatoms. The van der Waals surface area contributed by atoms with Crippen LogP contribution in [-0.2, 0) is 16.0 Å². The highest BCUT2D eigenvalue weighted by Gasteiger charge is 2.40. The van der Waals surface area contributed by atoms with E-state index >= 15 is 8.78 Å². The molecular weight excluding hydrogens is 522 g/mol. The van der Waals surface area contributed by atoms with Crippen molar-refractivity contribution in [2.24, 2.45) is 0 Å². The summed E-state index contributed by atoms with van der Waals surface area (Å²) >= 11 is 0. The number of aromatic nitrogens is 3. The highest BCUT2D eigenvalue weighted by atomic mass is 19.1. The summed E-state index contributed by atoms with van der Waals surface area (Å²) in [6, 6.07) is 7.39. The maximum absolute atomic E-state index is 15.3. The number of anilines is 1. The van der Waals surface area contributed by atoms with E-state index in [-0.39, 0.29) is 58.3 Å². The molecule has 2 saturated heterocycles. The van der Waals surface area contributed by atoms with Gasteiger partial charge in [0.1, 0.15) is 11.4 Å². The monoisotopic (exact) mass is 548 g/mol. The average molecular weight is 549 g/mol. The molecule has 6 rings (SSSR count). The van der Waals surface area contributed by atoms with Gasteiger partial charge < -0.3 is 14.4 Å². The summed E-state index contributed by atoms with van der Waals surface area (Å²) in [4.78, 5) is 33.6. The zero-order valence-corrected chi connectivity index (χ0v) is 22.1. The number of morpholine rings is 1. The summed E-state index contributed by atoms with van der Waals surface area (Å²) in [5, 5.41) is 14.1. The highest BCUT2D eigenvalue weighted by molar-refractivity contribution is 6.08. The lowest BCUT2D eigenvalue weighted by Gasteiger charge is -2.32. The number of nitriles is 1. The van der Waals surface area contributed by atoms with E-state index in [0.29, 0.717) is 13.1 Å². The van der Waals surface area contributed by atoms with Crippen molar-refractivity contribution in [3.05, 3.63) is 58.9 Å². The van der Waals surface area contributed by atoms with Gasteiger partial charge >= 0.3 is 6.09 Å². The predicted octanol–water partition coefficient (Wildman–Crippen LogP) is 4.34. The fraction of sp³-hybridized carbons (Fsp3) is 0.393. The number of pyridine rings is 1. The molecule has 40 heavy (non-hydrogen) atoms.